The van der Waals surface area contributed by atoms with E-state index in [-0.39, 0.29) is 29.3 Å². The smallest absolute Gasteiger partial charge is 0.269 e. The number of aromatic hydroxyl groups is 1. The van der Waals surface area contributed by atoms with E-state index in [4.69, 9.17) is 4.74 Å². The molecule has 4 N–H and O–H groups in total. The van der Waals surface area contributed by atoms with Crippen LogP contribution < -0.4 is 20.8 Å². The number of methoxy groups -OCH3 is 1. The highest BCUT2D eigenvalue weighted by molar-refractivity contribution is 9.10. The summed E-state index contributed by atoms with van der Waals surface area (Å²) in [6, 6.07) is 17.9. The van der Waals surface area contributed by atoms with Gasteiger partial charge in [-0.25, -0.2) is 5.43 Å². The molecule has 0 radical (unpaired) electrons. The zero-order chi connectivity index (χ0) is 25.5. The van der Waals surface area contributed by atoms with Crippen LogP contribution in [0.2, 0.25) is 0 Å². The molecule has 0 aliphatic rings. The number of rotatable bonds is 9. The van der Waals surface area contributed by atoms with Gasteiger partial charge in [-0.05, 0) is 54.6 Å². The summed E-state index contributed by atoms with van der Waals surface area (Å²) < 4.78 is 5.96. The molecule has 4 rings (SSSR count). The Morgan fingerprint density at radius 2 is 1.53 bits per heavy atom. The van der Waals surface area contributed by atoms with Crippen molar-refractivity contribution in [1.82, 2.24) is 15.0 Å². The van der Waals surface area contributed by atoms with Crippen LogP contribution in [0.5, 0.6) is 11.5 Å². The Morgan fingerprint density at radius 1 is 0.944 bits per heavy atom. The normalized spacial score (nSPS) is 10.7. The first-order valence-electron chi connectivity index (χ1n) is 10.4. The lowest BCUT2D eigenvalue weighted by atomic mass is 10.2. The molecule has 0 aliphatic carbocycles. The molecule has 0 saturated carbocycles. The minimum Gasteiger partial charge on any atom is -0.507 e. The number of nitro groups is 1. The third-order valence-electron chi connectivity index (χ3n) is 4.67. The second kappa shape index (κ2) is 11.1. The number of halogens is 1. The third kappa shape index (κ3) is 6.42. The van der Waals surface area contributed by atoms with E-state index < -0.39 is 4.92 Å². The standard InChI is InChI=1S/C23H19BrN8O4/c1-36-19-9-5-17(6-10-19)27-22-28-21(26-16-3-7-18(8-4-16)32(34)35)29-23(30-22)31-25-13-14-12-15(24)2-11-20(14)33/h2-13,33H,1H3,(H3,26,27,28,29,30,31)/b25-13-. The van der Waals surface area contributed by atoms with E-state index in [0.29, 0.717) is 22.7 Å². The molecule has 12 nitrogen and oxygen atoms in total. The van der Waals surface area contributed by atoms with Crippen LogP contribution in [0.15, 0.2) is 76.3 Å². The number of nitrogens with one attached hydrogen (secondary N) is 3. The van der Waals surface area contributed by atoms with Crippen LogP contribution in [0.3, 0.4) is 0 Å². The third-order valence-corrected chi connectivity index (χ3v) is 5.17. The Balaban J connectivity index is 1.59. The van der Waals surface area contributed by atoms with Gasteiger partial charge in [0.15, 0.2) is 0 Å². The number of phenolic OH excluding ortho intramolecular Hbond substituents is 1. The zero-order valence-corrected chi connectivity index (χ0v) is 20.3. The molecule has 13 heteroatoms. The number of hydrogen-bond acceptors (Lipinski definition) is 11. The molecule has 36 heavy (non-hydrogen) atoms. The number of phenols is 1. The molecule has 0 atom stereocenters. The quantitative estimate of drug-likeness (QED) is 0.124. The lowest BCUT2D eigenvalue weighted by Crippen LogP contribution is -2.07. The summed E-state index contributed by atoms with van der Waals surface area (Å²) in [5, 5.41) is 31.1. The topological polar surface area (TPSA) is 160 Å². The summed E-state index contributed by atoms with van der Waals surface area (Å²) in [4.78, 5) is 23.4. The van der Waals surface area contributed by atoms with Crippen LogP contribution in [0, 0.1) is 10.1 Å². The molecule has 1 aromatic heterocycles. The van der Waals surface area contributed by atoms with E-state index in [1.165, 1.54) is 24.4 Å². The van der Waals surface area contributed by atoms with Gasteiger partial charge in [-0.3, -0.25) is 10.1 Å². The van der Waals surface area contributed by atoms with Gasteiger partial charge in [-0.2, -0.15) is 20.1 Å². The molecular weight excluding hydrogens is 532 g/mol. The van der Waals surface area contributed by atoms with Gasteiger partial charge in [0, 0.05) is 33.5 Å². The number of aromatic nitrogens is 3. The first-order valence-corrected chi connectivity index (χ1v) is 11.1. The molecule has 4 aromatic rings. The summed E-state index contributed by atoms with van der Waals surface area (Å²) in [5.41, 5.74) is 4.41. The van der Waals surface area contributed by atoms with E-state index in [2.05, 4.69) is 52.0 Å². The van der Waals surface area contributed by atoms with E-state index in [9.17, 15) is 15.2 Å². The van der Waals surface area contributed by atoms with Crippen LogP contribution in [0.4, 0.5) is 34.9 Å². The van der Waals surface area contributed by atoms with E-state index in [1.807, 2.05) is 0 Å². The maximum absolute atomic E-state index is 10.9. The van der Waals surface area contributed by atoms with Crippen LogP contribution in [0.1, 0.15) is 5.56 Å². The van der Waals surface area contributed by atoms with Gasteiger partial charge in [0.05, 0.1) is 18.2 Å². The summed E-state index contributed by atoms with van der Waals surface area (Å²) in [5.74, 6) is 1.24. The average molecular weight is 551 g/mol. The van der Waals surface area contributed by atoms with Gasteiger partial charge in [0.1, 0.15) is 11.5 Å². The summed E-state index contributed by atoms with van der Waals surface area (Å²) in [6.45, 7) is 0. The second-order valence-corrected chi connectivity index (χ2v) is 8.08. The highest BCUT2D eigenvalue weighted by atomic mass is 79.9. The van der Waals surface area contributed by atoms with E-state index in [1.54, 1.807) is 55.6 Å². The van der Waals surface area contributed by atoms with Crippen LogP contribution in [-0.2, 0) is 0 Å². The SMILES string of the molecule is COc1ccc(Nc2nc(N/N=C\c3cc(Br)ccc3O)nc(Nc3ccc([N+](=O)[O-])cc3)n2)cc1. The molecule has 182 valence electrons. The van der Waals surface area contributed by atoms with E-state index in [0.717, 1.165) is 4.47 Å². The molecule has 0 bridgehead atoms. The summed E-state index contributed by atoms with van der Waals surface area (Å²) >= 11 is 3.35. The van der Waals surface area contributed by atoms with Crippen LogP contribution in [0.25, 0.3) is 0 Å². The number of hydrazone groups is 1. The van der Waals surface area contributed by atoms with Crippen molar-refractivity contribution in [1.29, 1.82) is 0 Å². The minimum absolute atomic E-state index is 0.0365. The van der Waals surface area contributed by atoms with E-state index >= 15 is 0 Å². The molecule has 3 aromatic carbocycles. The number of nitro benzene ring substituents is 1. The van der Waals surface area contributed by atoms with Crippen molar-refractivity contribution in [2.24, 2.45) is 5.10 Å². The molecule has 0 amide bonds. The lowest BCUT2D eigenvalue weighted by molar-refractivity contribution is -0.384. The zero-order valence-electron chi connectivity index (χ0n) is 18.7. The summed E-state index contributed by atoms with van der Waals surface area (Å²) in [7, 11) is 1.58. The molecule has 0 spiro atoms. The molecule has 1 heterocycles. The van der Waals surface area contributed by atoms with Gasteiger partial charge in [-0.15, -0.1) is 0 Å². The molecule has 0 aliphatic heterocycles. The Morgan fingerprint density at radius 3 is 2.11 bits per heavy atom. The van der Waals surface area contributed by atoms with Gasteiger partial charge < -0.3 is 20.5 Å². The van der Waals surface area contributed by atoms with Crippen molar-refractivity contribution in [2.45, 2.75) is 0 Å². The second-order valence-electron chi connectivity index (χ2n) is 7.16. The van der Waals surface area contributed by atoms with Gasteiger partial charge >= 0.3 is 0 Å². The summed E-state index contributed by atoms with van der Waals surface area (Å²) in [6.07, 6.45) is 1.42. The van der Waals surface area contributed by atoms with Crippen molar-refractivity contribution in [3.63, 3.8) is 0 Å². The fourth-order valence-corrected chi connectivity index (χ4v) is 3.30. The van der Waals surface area contributed by atoms with Crippen molar-refractivity contribution >= 4 is 57.1 Å². The Hall–Kier alpha value is -4.78. The maximum Gasteiger partial charge on any atom is 0.269 e. The van der Waals surface area contributed by atoms with Crippen LogP contribution >= 0.6 is 15.9 Å². The Bertz CT molecular complexity index is 1400. The van der Waals surface area contributed by atoms with Gasteiger partial charge in [0.2, 0.25) is 17.8 Å². The highest BCUT2D eigenvalue weighted by Crippen LogP contribution is 2.23. The number of anilines is 5. The number of hydrogen-bond donors (Lipinski definition) is 4. The minimum atomic E-state index is -0.479. The Kier molecular flexibility index (Phi) is 7.51. The molecule has 0 unspecified atom stereocenters. The molecule has 0 fully saturated rings. The van der Waals surface area contributed by atoms with Crippen molar-refractivity contribution in [2.75, 3.05) is 23.2 Å². The predicted octanol–water partition coefficient (Wildman–Crippen LogP) is 5.19. The van der Waals surface area contributed by atoms with Crippen molar-refractivity contribution < 1.29 is 14.8 Å². The largest absolute Gasteiger partial charge is 0.507 e. The number of benzene rings is 3. The first-order chi connectivity index (χ1) is 17.4. The van der Waals surface area contributed by atoms with Crippen molar-refractivity contribution in [3.8, 4) is 11.5 Å². The number of non-ortho nitro benzene ring substituents is 1. The Labute approximate surface area is 213 Å². The number of ether oxygens (including phenoxy) is 1. The lowest BCUT2D eigenvalue weighted by Gasteiger charge is -2.10. The monoisotopic (exact) mass is 550 g/mol. The maximum atomic E-state index is 10.9. The predicted molar refractivity (Wildman–Crippen MR) is 140 cm³/mol. The van der Waals surface area contributed by atoms with Crippen molar-refractivity contribution in [3.05, 3.63) is 86.9 Å². The first kappa shape index (κ1) is 24.3. The molecule has 0 saturated heterocycles. The van der Waals surface area contributed by atoms with Gasteiger partial charge in [-0.1, -0.05) is 15.9 Å². The highest BCUT2D eigenvalue weighted by Gasteiger charge is 2.10. The fourth-order valence-electron chi connectivity index (χ4n) is 2.93. The average Bonchev–Trinajstić information content (AvgIpc) is 2.87. The fraction of sp³-hybridized carbons (Fsp3) is 0.0435. The van der Waals surface area contributed by atoms with Crippen LogP contribution in [-0.4, -0.2) is 38.3 Å². The van der Waals surface area contributed by atoms with Gasteiger partial charge in [0.25, 0.3) is 5.69 Å². The molecular formula is C23H19BrN8O4. The number of nitrogens with zero attached hydrogens (tertiary/aromatic N) is 5.